The molecule has 1 aliphatic heterocycles. The van der Waals surface area contributed by atoms with E-state index < -0.39 is 17.6 Å². The molecular weight excluding hydrogens is 432 g/mol. The quantitative estimate of drug-likeness (QED) is 0.643. The highest BCUT2D eigenvalue weighted by atomic mass is 16.6. The van der Waals surface area contributed by atoms with Crippen molar-refractivity contribution in [1.29, 1.82) is 0 Å². The zero-order valence-electron chi connectivity index (χ0n) is 20.5. The summed E-state index contributed by atoms with van der Waals surface area (Å²) in [6.45, 7) is 5.89. The van der Waals surface area contributed by atoms with Gasteiger partial charge in [0.2, 0.25) is 5.78 Å². The minimum absolute atomic E-state index is 0.195. The van der Waals surface area contributed by atoms with Crippen LogP contribution in [0.1, 0.15) is 44.4 Å². The van der Waals surface area contributed by atoms with Crippen LogP contribution in [0.25, 0.3) is 10.9 Å². The van der Waals surface area contributed by atoms with Crippen LogP contribution in [0.3, 0.4) is 0 Å². The molecule has 0 bridgehead atoms. The van der Waals surface area contributed by atoms with Crippen LogP contribution in [0, 0.1) is 11.3 Å². The molecule has 0 spiro atoms. The highest BCUT2D eigenvalue weighted by molar-refractivity contribution is 6.02. The molecule has 1 aromatic heterocycles. The molecule has 0 N–H and O–H groups in total. The summed E-state index contributed by atoms with van der Waals surface area (Å²) in [6.07, 6.45) is -0.342. The molecule has 3 aliphatic rings. The van der Waals surface area contributed by atoms with Crippen molar-refractivity contribution in [3.63, 3.8) is 0 Å². The van der Waals surface area contributed by atoms with Gasteiger partial charge in [0.1, 0.15) is 11.5 Å². The van der Waals surface area contributed by atoms with E-state index in [2.05, 4.69) is 6.07 Å². The van der Waals surface area contributed by atoms with Crippen molar-refractivity contribution in [2.75, 3.05) is 21.2 Å². The van der Waals surface area contributed by atoms with E-state index in [1.807, 2.05) is 45.0 Å². The largest absolute Gasteiger partial charge is 0.497 e. The summed E-state index contributed by atoms with van der Waals surface area (Å²) in [5.74, 6) is 1.48. The molecule has 1 amide bonds. The van der Waals surface area contributed by atoms with Crippen LogP contribution in [-0.2, 0) is 25.4 Å². The zero-order valence-corrected chi connectivity index (χ0v) is 20.5. The molecular formula is C27H30N2O5. The fourth-order valence-corrected chi connectivity index (χ4v) is 5.42. The summed E-state index contributed by atoms with van der Waals surface area (Å²) in [6, 6.07) is 10.2. The van der Waals surface area contributed by atoms with Gasteiger partial charge >= 0.3 is 6.09 Å². The molecule has 0 saturated heterocycles. The summed E-state index contributed by atoms with van der Waals surface area (Å²) >= 11 is 0. The van der Waals surface area contributed by atoms with Crippen LogP contribution in [-0.4, -0.2) is 49.1 Å². The topological polar surface area (TPSA) is 78.0 Å². The lowest BCUT2D eigenvalue weighted by Crippen LogP contribution is -2.49. The van der Waals surface area contributed by atoms with E-state index in [0.717, 1.165) is 33.7 Å². The van der Waals surface area contributed by atoms with Gasteiger partial charge in [-0.2, -0.15) is 0 Å². The molecule has 3 atom stereocenters. The van der Waals surface area contributed by atoms with Gasteiger partial charge in [0, 0.05) is 49.2 Å². The number of ether oxygens (including phenoxy) is 3. The number of rotatable bonds is 2. The lowest BCUT2D eigenvalue weighted by Gasteiger charge is -2.45. The number of methoxy groups -OCH3 is 1. The number of carbonyl (C=O) groups excluding carboxylic acids is 2. The lowest BCUT2D eigenvalue weighted by molar-refractivity contribution is -0.133. The third kappa shape index (κ3) is 3.37. The first-order valence-electron chi connectivity index (χ1n) is 11.6. The van der Waals surface area contributed by atoms with Crippen molar-refractivity contribution < 1.29 is 23.8 Å². The normalized spacial score (nSPS) is 25.2. The number of ketones is 1. The Morgan fingerprint density at radius 1 is 1.24 bits per heavy atom. The SMILES string of the molecule is COC1=C2OC3=C(C(=O)C(OC(=O)N(C)C)C(C)(C)C3)C(C)C2c2nc3ccccc3cc2C1. The summed E-state index contributed by atoms with van der Waals surface area (Å²) in [7, 11) is 4.87. The molecule has 7 heteroatoms. The highest BCUT2D eigenvalue weighted by Gasteiger charge is 2.52. The molecule has 5 rings (SSSR count). The van der Waals surface area contributed by atoms with E-state index in [0.29, 0.717) is 24.2 Å². The van der Waals surface area contributed by atoms with Gasteiger partial charge in [-0.3, -0.25) is 9.78 Å². The van der Waals surface area contributed by atoms with Gasteiger partial charge in [-0.15, -0.1) is 0 Å². The smallest absolute Gasteiger partial charge is 0.409 e. The molecule has 7 nitrogen and oxygen atoms in total. The Hall–Kier alpha value is -3.35. The summed E-state index contributed by atoms with van der Waals surface area (Å²) in [4.78, 5) is 32.5. The van der Waals surface area contributed by atoms with Gasteiger partial charge in [0.25, 0.3) is 0 Å². The van der Waals surface area contributed by atoms with E-state index in [4.69, 9.17) is 19.2 Å². The Balaban J connectivity index is 1.62. The second kappa shape index (κ2) is 7.86. The molecule has 0 radical (unpaired) electrons. The van der Waals surface area contributed by atoms with Crippen molar-refractivity contribution in [1.82, 2.24) is 9.88 Å². The average molecular weight is 463 g/mol. The van der Waals surface area contributed by atoms with E-state index >= 15 is 0 Å². The van der Waals surface area contributed by atoms with Crippen LogP contribution in [0.5, 0.6) is 0 Å². The number of nitrogens with zero attached hydrogens (tertiary/aromatic N) is 2. The summed E-state index contributed by atoms with van der Waals surface area (Å²) in [5.41, 5.74) is 2.87. The monoisotopic (exact) mass is 462 g/mol. The molecule has 3 unspecified atom stereocenters. The molecule has 1 aromatic carbocycles. The Labute approximate surface area is 199 Å². The second-order valence-corrected chi connectivity index (χ2v) is 10.3. The fourth-order valence-electron chi connectivity index (χ4n) is 5.42. The predicted octanol–water partition coefficient (Wildman–Crippen LogP) is 4.72. The summed E-state index contributed by atoms with van der Waals surface area (Å²) < 4.78 is 17.9. The number of para-hydroxylation sites is 1. The van der Waals surface area contributed by atoms with Gasteiger partial charge in [-0.25, -0.2) is 4.79 Å². The van der Waals surface area contributed by atoms with Gasteiger partial charge in [0.05, 0.1) is 24.2 Å². The van der Waals surface area contributed by atoms with E-state index in [1.165, 1.54) is 4.90 Å². The van der Waals surface area contributed by atoms with Crippen LogP contribution in [0.15, 0.2) is 53.2 Å². The number of allylic oxidation sites excluding steroid dienone is 3. The predicted molar refractivity (Wildman–Crippen MR) is 127 cm³/mol. The lowest BCUT2D eigenvalue weighted by atomic mass is 9.66. The maximum Gasteiger partial charge on any atom is 0.409 e. The number of aromatic nitrogens is 1. The van der Waals surface area contributed by atoms with Gasteiger partial charge < -0.3 is 19.1 Å². The molecule has 2 aliphatic carbocycles. The molecule has 0 saturated carbocycles. The van der Waals surface area contributed by atoms with Crippen LogP contribution in [0.4, 0.5) is 4.79 Å². The van der Waals surface area contributed by atoms with Gasteiger partial charge in [-0.05, 0) is 17.7 Å². The Morgan fingerprint density at radius 2 is 1.97 bits per heavy atom. The van der Waals surface area contributed by atoms with Crippen molar-refractivity contribution in [2.45, 2.75) is 45.6 Å². The maximum absolute atomic E-state index is 13.8. The standard InChI is InChI=1S/C27H30N2O5/c1-14-20-19(13-27(2,3)25(23(20)30)34-26(31)29(4)5)33-24-18(32-6)12-16-11-15-9-7-8-10-17(15)28-22(16)21(14)24/h7-11,14,21,25H,12-13H2,1-6H3. The maximum atomic E-state index is 13.8. The van der Waals surface area contributed by atoms with Crippen LogP contribution < -0.4 is 0 Å². The molecule has 2 aromatic rings. The minimum Gasteiger partial charge on any atom is -0.497 e. The zero-order chi connectivity index (χ0) is 24.4. The Bertz CT molecular complexity index is 1270. The van der Waals surface area contributed by atoms with Crippen molar-refractivity contribution in [2.24, 2.45) is 11.3 Å². The van der Waals surface area contributed by atoms with E-state index in [9.17, 15) is 9.59 Å². The first-order valence-corrected chi connectivity index (χ1v) is 11.6. The molecule has 0 fully saturated rings. The first-order chi connectivity index (χ1) is 16.1. The number of hydrogen-bond acceptors (Lipinski definition) is 6. The minimum atomic E-state index is -0.882. The van der Waals surface area contributed by atoms with Crippen molar-refractivity contribution in [3.05, 3.63) is 64.4 Å². The van der Waals surface area contributed by atoms with Crippen LogP contribution >= 0.6 is 0 Å². The van der Waals surface area contributed by atoms with E-state index in [-0.39, 0.29) is 17.6 Å². The summed E-state index contributed by atoms with van der Waals surface area (Å²) in [5, 5.41) is 1.07. The number of pyridine rings is 1. The number of fused-ring (bicyclic) bond motifs is 4. The third-order valence-corrected chi connectivity index (χ3v) is 7.19. The second-order valence-electron chi connectivity index (χ2n) is 10.3. The molecule has 2 heterocycles. The number of Topliss-reactive ketones (excluding diaryl/α,β-unsaturated/α-hetero) is 1. The molecule has 34 heavy (non-hydrogen) atoms. The van der Waals surface area contributed by atoms with E-state index in [1.54, 1.807) is 21.2 Å². The van der Waals surface area contributed by atoms with Gasteiger partial charge in [0.15, 0.2) is 11.9 Å². The first kappa shape index (κ1) is 22.4. The number of benzene rings is 1. The average Bonchev–Trinajstić information content (AvgIpc) is 2.79. The molecule has 178 valence electrons. The van der Waals surface area contributed by atoms with Gasteiger partial charge in [-0.1, -0.05) is 39.0 Å². The Morgan fingerprint density at radius 3 is 2.68 bits per heavy atom. The number of carbonyl (C=O) groups is 2. The van der Waals surface area contributed by atoms with Crippen LogP contribution in [0.2, 0.25) is 0 Å². The third-order valence-electron chi connectivity index (χ3n) is 7.19. The number of amides is 1. The fraction of sp³-hybridized carbons (Fsp3) is 0.444. The number of hydrogen-bond donors (Lipinski definition) is 0. The highest BCUT2D eigenvalue weighted by Crippen LogP contribution is 2.53. The van der Waals surface area contributed by atoms with Crippen molar-refractivity contribution in [3.8, 4) is 0 Å². The van der Waals surface area contributed by atoms with Crippen molar-refractivity contribution >= 4 is 22.8 Å². The Kier molecular flexibility index (Phi) is 5.19.